The summed E-state index contributed by atoms with van der Waals surface area (Å²) < 4.78 is 0. The van der Waals surface area contributed by atoms with E-state index in [2.05, 4.69) is 4.98 Å². The van der Waals surface area contributed by atoms with E-state index in [1.807, 2.05) is 23.9 Å². The Balaban J connectivity index is 2.26. The molecule has 15 heavy (non-hydrogen) atoms. The molecule has 0 radical (unpaired) electrons. The summed E-state index contributed by atoms with van der Waals surface area (Å²) in [6, 6.07) is 5.37. The van der Waals surface area contributed by atoms with Gasteiger partial charge in [0, 0.05) is 17.4 Å². The van der Waals surface area contributed by atoms with Crippen LogP contribution in [0.5, 0.6) is 0 Å². The quantitative estimate of drug-likeness (QED) is 0.786. The lowest BCUT2D eigenvalue weighted by Gasteiger charge is -2.20. The number of H-pyrrole nitrogens is 1. The van der Waals surface area contributed by atoms with E-state index < -0.39 is 0 Å². The number of hydrogen-bond acceptors (Lipinski definition) is 3. The van der Waals surface area contributed by atoms with Crippen LogP contribution in [-0.2, 0) is 0 Å². The third-order valence-electron chi connectivity index (χ3n) is 2.65. The smallest absolute Gasteiger partial charge is 0.266 e. The molecule has 0 aromatic carbocycles. The van der Waals surface area contributed by atoms with Crippen molar-refractivity contribution < 1.29 is 0 Å². The van der Waals surface area contributed by atoms with E-state index >= 15 is 0 Å². The third-order valence-corrected chi connectivity index (χ3v) is 3.87. The fourth-order valence-corrected chi connectivity index (χ4v) is 2.97. The standard InChI is InChI=1S/C11H12N2OS/c12-6-8-3-4-10(13-11(8)14)9-2-1-5-15-7-9/h3-4,9H,1-2,5,7H2,(H,13,14). The minimum absolute atomic E-state index is 0.196. The van der Waals surface area contributed by atoms with Gasteiger partial charge < -0.3 is 4.98 Å². The number of thioether (sulfide) groups is 1. The van der Waals surface area contributed by atoms with E-state index in [0.717, 1.165) is 17.9 Å². The number of pyridine rings is 1. The van der Waals surface area contributed by atoms with Crippen LogP contribution in [-0.4, -0.2) is 16.5 Å². The van der Waals surface area contributed by atoms with Gasteiger partial charge in [0.05, 0.1) is 0 Å². The van der Waals surface area contributed by atoms with Gasteiger partial charge in [-0.3, -0.25) is 4.79 Å². The molecule has 0 spiro atoms. The van der Waals surface area contributed by atoms with E-state index in [-0.39, 0.29) is 11.1 Å². The molecule has 2 heterocycles. The minimum atomic E-state index is -0.259. The highest BCUT2D eigenvalue weighted by Gasteiger charge is 2.16. The fourth-order valence-electron chi connectivity index (χ4n) is 1.80. The molecule has 1 aromatic rings. The summed E-state index contributed by atoms with van der Waals surface area (Å²) in [5.74, 6) is 2.74. The second-order valence-corrected chi connectivity index (χ2v) is 4.83. The van der Waals surface area contributed by atoms with Crippen molar-refractivity contribution >= 4 is 11.8 Å². The molecule has 2 rings (SSSR count). The second-order valence-electron chi connectivity index (χ2n) is 3.68. The van der Waals surface area contributed by atoms with E-state index in [0.29, 0.717) is 5.92 Å². The van der Waals surface area contributed by atoms with Crippen molar-refractivity contribution in [3.63, 3.8) is 0 Å². The molecule has 1 unspecified atom stereocenters. The fraction of sp³-hybridized carbons (Fsp3) is 0.455. The molecule has 1 fully saturated rings. The Morgan fingerprint density at radius 3 is 3.00 bits per heavy atom. The van der Waals surface area contributed by atoms with Crippen molar-refractivity contribution in [1.82, 2.24) is 4.98 Å². The van der Waals surface area contributed by atoms with Crippen molar-refractivity contribution in [1.29, 1.82) is 5.26 Å². The molecular weight excluding hydrogens is 208 g/mol. The Morgan fingerprint density at radius 1 is 1.53 bits per heavy atom. The van der Waals surface area contributed by atoms with Crippen molar-refractivity contribution in [2.75, 3.05) is 11.5 Å². The minimum Gasteiger partial charge on any atom is -0.325 e. The molecule has 1 aliphatic rings. The van der Waals surface area contributed by atoms with Gasteiger partial charge in [0.25, 0.3) is 5.56 Å². The highest BCUT2D eigenvalue weighted by molar-refractivity contribution is 7.99. The van der Waals surface area contributed by atoms with Crippen LogP contribution in [0.2, 0.25) is 0 Å². The molecule has 1 saturated heterocycles. The van der Waals surface area contributed by atoms with Gasteiger partial charge in [-0.15, -0.1) is 0 Å². The first-order valence-electron chi connectivity index (χ1n) is 5.02. The summed E-state index contributed by atoms with van der Waals surface area (Å²) in [5, 5.41) is 8.65. The van der Waals surface area contributed by atoms with E-state index in [9.17, 15) is 4.79 Å². The zero-order valence-electron chi connectivity index (χ0n) is 8.32. The maximum absolute atomic E-state index is 11.4. The van der Waals surface area contributed by atoms with Crippen LogP contribution >= 0.6 is 11.8 Å². The molecule has 3 nitrogen and oxygen atoms in total. The molecule has 1 aliphatic heterocycles. The third kappa shape index (κ3) is 2.24. The summed E-state index contributed by atoms with van der Waals surface area (Å²) in [5.41, 5.74) is 0.916. The Kier molecular flexibility index (Phi) is 3.12. The number of nitrogens with one attached hydrogen (secondary N) is 1. The van der Waals surface area contributed by atoms with Gasteiger partial charge in [-0.05, 0) is 30.7 Å². The molecule has 0 aliphatic carbocycles. The molecule has 0 saturated carbocycles. The van der Waals surface area contributed by atoms with Gasteiger partial charge in [0.1, 0.15) is 11.6 Å². The van der Waals surface area contributed by atoms with Gasteiger partial charge in [0.2, 0.25) is 0 Å². The molecular formula is C11H12N2OS. The van der Waals surface area contributed by atoms with Crippen molar-refractivity contribution in [2.24, 2.45) is 0 Å². The zero-order valence-corrected chi connectivity index (χ0v) is 9.14. The Labute approximate surface area is 92.5 Å². The van der Waals surface area contributed by atoms with Crippen molar-refractivity contribution in [3.05, 3.63) is 33.7 Å². The Morgan fingerprint density at radius 2 is 2.40 bits per heavy atom. The number of aromatic nitrogens is 1. The Hall–Kier alpha value is -1.21. The molecule has 0 amide bonds. The van der Waals surface area contributed by atoms with Crippen LogP contribution in [0.15, 0.2) is 16.9 Å². The van der Waals surface area contributed by atoms with Crippen molar-refractivity contribution in [3.8, 4) is 6.07 Å². The number of aromatic amines is 1. The number of hydrogen-bond donors (Lipinski definition) is 1. The van der Waals surface area contributed by atoms with Crippen LogP contribution in [0, 0.1) is 11.3 Å². The number of nitrogens with zero attached hydrogens (tertiary/aromatic N) is 1. The van der Waals surface area contributed by atoms with Gasteiger partial charge in [-0.25, -0.2) is 0 Å². The zero-order chi connectivity index (χ0) is 10.7. The van der Waals surface area contributed by atoms with Gasteiger partial charge in [0.15, 0.2) is 0 Å². The van der Waals surface area contributed by atoms with E-state index in [1.54, 1.807) is 6.07 Å². The van der Waals surface area contributed by atoms with Crippen LogP contribution in [0.3, 0.4) is 0 Å². The first kappa shape index (κ1) is 10.3. The lowest BCUT2D eigenvalue weighted by atomic mass is 10.0. The van der Waals surface area contributed by atoms with Gasteiger partial charge in [-0.2, -0.15) is 17.0 Å². The van der Waals surface area contributed by atoms with Gasteiger partial charge in [-0.1, -0.05) is 0 Å². The largest absolute Gasteiger partial charge is 0.325 e. The monoisotopic (exact) mass is 220 g/mol. The first-order chi connectivity index (χ1) is 7.31. The molecule has 1 N–H and O–H groups in total. The molecule has 1 aromatic heterocycles. The highest BCUT2D eigenvalue weighted by atomic mass is 32.2. The maximum Gasteiger partial charge on any atom is 0.266 e. The molecule has 78 valence electrons. The predicted molar refractivity (Wildman–Crippen MR) is 61.1 cm³/mol. The topological polar surface area (TPSA) is 56.6 Å². The number of rotatable bonds is 1. The highest BCUT2D eigenvalue weighted by Crippen LogP contribution is 2.29. The summed E-state index contributed by atoms with van der Waals surface area (Å²) in [7, 11) is 0. The maximum atomic E-state index is 11.4. The average Bonchev–Trinajstić information content (AvgIpc) is 2.30. The SMILES string of the molecule is N#Cc1ccc(C2CCCSC2)[nH]c1=O. The van der Waals surface area contributed by atoms with Crippen LogP contribution in [0.25, 0.3) is 0 Å². The Bertz CT molecular complexity index is 441. The van der Waals surface area contributed by atoms with Crippen LogP contribution in [0.4, 0.5) is 0 Å². The van der Waals surface area contributed by atoms with Gasteiger partial charge >= 0.3 is 0 Å². The molecule has 1 atom stereocenters. The lowest BCUT2D eigenvalue weighted by molar-refractivity contribution is 0.641. The van der Waals surface area contributed by atoms with Crippen LogP contribution in [0.1, 0.15) is 30.0 Å². The molecule has 0 bridgehead atoms. The summed E-state index contributed by atoms with van der Waals surface area (Å²) in [4.78, 5) is 14.2. The van der Waals surface area contributed by atoms with Crippen molar-refractivity contribution in [2.45, 2.75) is 18.8 Å². The average molecular weight is 220 g/mol. The summed E-state index contributed by atoms with van der Waals surface area (Å²) in [6.07, 6.45) is 2.34. The lowest BCUT2D eigenvalue weighted by Crippen LogP contribution is -2.17. The molecule has 4 heteroatoms. The predicted octanol–water partition coefficient (Wildman–Crippen LogP) is 1.86. The summed E-state index contributed by atoms with van der Waals surface area (Å²) in [6.45, 7) is 0. The normalized spacial score (nSPS) is 20.9. The first-order valence-corrected chi connectivity index (χ1v) is 6.18. The number of nitriles is 1. The van der Waals surface area contributed by atoms with Crippen LogP contribution < -0.4 is 5.56 Å². The summed E-state index contributed by atoms with van der Waals surface area (Å²) >= 11 is 1.93. The second kappa shape index (κ2) is 4.54. The van der Waals surface area contributed by atoms with E-state index in [1.165, 1.54) is 12.2 Å². The van der Waals surface area contributed by atoms with E-state index in [4.69, 9.17) is 5.26 Å².